The van der Waals surface area contributed by atoms with Gasteiger partial charge < -0.3 is 9.88 Å². The predicted molar refractivity (Wildman–Crippen MR) is 68.9 cm³/mol. The smallest absolute Gasteiger partial charge is 0.0355 e. The molecule has 0 radical (unpaired) electrons. The van der Waals surface area contributed by atoms with Crippen molar-refractivity contribution < 1.29 is 0 Å². The van der Waals surface area contributed by atoms with Crippen molar-refractivity contribution in [2.75, 3.05) is 7.05 Å². The number of hydrogen-bond donors (Lipinski definition) is 1. The number of aromatic nitrogens is 1. The summed E-state index contributed by atoms with van der Waals surface area (Å²) in [5, 5.41) is 3.04. The molecule has 2 nitrogen and oxygen atoms in total. The Hall–Kier alpha value is -1.18. The Labute approximate surface area is 94.0 Å². The van der Waals surface area contributed by atoms with Gasteiger partial charge in [-0.1, -0.05) is 20.4 Å². The minimum atomic E-state index is 0.145. The Morgan fingerprint density at radius 3 is 2.20 bits per heavy atom. The maximum Gasteiger partial charge on any atom is 0.0355 e. The molecule has 0 aliphatic carbocycles. The number of hydrogen-bond acceptors (Lipinski definition) is 1. The first-order valence-corrected chi connectivity index (χ1v) is 5.50. The van der Waals surface area contributed by atoms with Gasteiger partial charge in [0.1, 0.15) is 0 Å². The number of rotatable bonds is 2. The second kappa shape index (κ2) is 5.64. The molecule has 15 heavy (non-hydrogen) atoms. The average Bonchev–Trinajstić information content (AvgIpc) is 2.68. The summed E-state index contributed by atoms with van der Waals surface area (Å²) in [6.07, 6.45) is 4.19. The Morgan fingerprint density at radius 1 is 1.33 bits per heavy atom. The van der Waals surface area contributed by atoms with Crippen LogP contribution >= 0.6 is 0 Å². The van der Waals surface area contributed by atoms with Gasteiger partial charge >= 0.3 is 0 Å². The average molecular weight is 208 g/mol. The molecule has 0 saturated carbocycles. The maximum atomic E-state index is 3.91. The molecule has 0 aliphatic rings. The summed E-state index contributed by atoms with van der Waals surface area (Å²) in [6, 6.07) is 2.07. The third kappa shape index (κ3) is 3.82. The van der Waals surface area contributed by atoms with Crippen LogP contribution in [0.15, 0.2) is 25.0 Å². The molecular formula is C13H24N2. The summed E-state index contributed by atoms with van der Waals surface area (Å²) < 4.78 is 2.19. The topological polar surface area (TPSA) is 17.0 Å². The van der Waals surface area contributed by atoms with Crippen LogP contribution in [0, 0.1) is 0 Å². The standard InChI is InChI=1S/C11H18N2.C2H6/c1-9(12-5)10-6-7-13(8-10)11(2,3)4;1-2/h6-8,12H,1H2,2-5H3;1-2H3. The van der Waals surface area contributed by atoms with Crippen LogP contribution in [-0.2, 0) is 5.54 Å². The van der Waals surface area contributed by atoms with Crippen LogP contribution in [-0.4, -0.2) is 11.6 Å². The molecule has 0 atom stereocenters. The number of nitrogens with zero attached hydrogens (tertiary/aromatic N) is 1. The normalized spacial score (nSPS) is 10.3. The highest BCUT2D eigenvalue weighted by Crippen LogP contribution is 2.18. The maximum absolute atomic E-state index is 3.91. The molecule has 2 heteroatoms. The van der Waals surface area contributed by atoms with Gasteiger partial charge in [-0.25, -0.2) is 0 Å². The summed E-state index contributed by atoms with van der Waals surface area (Å²) in [5.41, 5.74) is 2.26. The van der Waals surface area contributed by atoms with E-state index >= 15 is 0 Å². The van der Waals surface area contributed by atoms with E-state index in [1.807, 2.05) is 20.9 Å². The second-order valence-corrected chi connectivity index (χ2v) is 4.21. The molecule has 0 fully saturated rings. The van der Waals surface area contributed by atoms with E-state index in [1.54, 1.807) is 0 Å². The summed E-state index contributed by atoms with van der Waals surface area (Å²) in [6.45, 7) is 14.5. The van der Waals surface area contributed by atoms with Gasteiger partial charge in [-0.05, 0) is 26.8 Å². The highest BCUT2D eigenvalue weighted by Gasteiger charge is 2.12. The largest absolute Gasteiger partial charge is 0.388 e. The zero-order valence-corrected chi connectivity index (χ0v) is 10.9. The van der Waals surface area contributed by atoms with E-state index in [0.29, 0.717) is 0 Å². The molecule has 0 bridgehead atoms. The Kier molecular flexibility index (Phi) is 5.20. The molecule has 0 spiro atoms. The van der Waals surface area contributed by atoms with Crippen molar-refractivity contribution in [3.05, 3.63) is 30.6 Å². The molecule has 1 heterocycles. The Balaban J connectivity index is 0.000000921. The summed E-state index contributed by atoms with van der Waals surface area (Å²) in [4.78, 5) is 0. The lowest BCUT2D eigenvalue weighted by molar-refractivity contribution is 0.398. The lowest BCUT2D eigenvalue weighted by atomic mass is 10.1. The molecule has 1 N–H and O–H groups in total. The fraction of sp³-hybridized carbons (Fsp3) is 0.538. The molecule has 0 aromatic carbocycles. The van der Waals surface area contributed by atoms with E-state index in [1.165, 1.54) is 0 Å². The first-order valence-electron chi connectivity index (χ1n) is 5.50. The van der Waals surface area contributed by atoms with Crippen molar-refractivity contribution in [2.45, 2.75) is 40.2 Å². The van der Waals surface area contributed by atoms with E-state index in [0.717, 1.165) is 11.3 Å². The van der Waals surface area contributed by atoms with E-state index in [4.69, 9.17) is 0 Å². The summed E-state index contributed by atoms with van der Waals surface area (Å²) >= 11 is 0. The second-order valence-electron chi connectivity index (χ2n) is 4.21. The van der Waals surface area contributed by atoms with Gasteiger partial charge in [0.2, 0.25) is 0 Å². The summed E-state index contributed by atoms with van der Waals surface area (Å²) in [7, 11) is 1.89. The fourth-order valence-electron chi connectivity index (χ4n) is 1.14. The quantitative estimate of drug-likeness (QED) is 0.787. The van der Waals surface area contributed by atoms with Gasteiger partial charge in [0.25, 0.3) is 0 Å². The SMILES string of the molecule is C=C(NC)c1ccn(C(C)(C)C)c1.CC. The van der Waals surface area contributed by atoms with E-state index in [2.05, 4.69) is 55.7 Å². The minimum Gasteiger partial charge on any atom is -0.388 e. The Bertz CT molecular complexity index is 303. The molecule has 0 unspecified atom stereocenters. The molecule has 0 amide bonds. The van der Waals surface area contributed by atoms with Gasteiger partial charge in [0, 0.05) is 36.2 Å². The molecular weight excluding hydrogens is 184 g/mol. The van der Waals surface area contributed by atoms with Crippen LogP contribution < -0.4 is 5.32 Å². The van der Waals surface area contributed by atoms with Gasteiger partial charge in [-0.3, -0.25) is 0 Å². The van der Waals surface area contributed by atoms with Crippen LogP contribution in [0.4, 0.5) is 0 Å². The fourth-order valence-corrected chi connectivity index (χ4v) is 1.14. The minimum absolute atomic E-state index is 0.145. The predicted octanol–water partition coefficient (Wildman–Crippen LogP) is 3.46. The Morgan fingerprint density at radius 2 is 1.87 bits per heavy atom. The third-order valence-electron chi connectivity index (χ3n) is 2.12. The monoisotopic (exact) mass is 208 g/mol. The van der Waals surface area contributed by atoms with E-state index in [9.17, 15) is 0 Å². The molecule has 0 saturated heterocycles. The number of nitrogens with one attached hydrogen (secondary N) is 1. The molecule has 1 aromatic rings. The van der Waals surface area contributed by atoms with Crippen molar-refractivity contribution in [1.29, 1.82) is 0 Å². The van der Waals surface area contributed by atoms with Crippen molar-refractivity contribution in [2.24, 2.45) is 0 Å². The molecule has 1 rings (SSSR count). The molecule has 86 valence electrons. The van der Waals surface area contributed by atoms with Crippen LogP contribution in [0.25, 0.3) is 5.70 Å². The molecule has 1 aromatic heterocycles. The highest BCUT2D eigenvalue weighted by atomic mass is 15.0. The van der Waals surface area contributed by atoms with Gasteiger partial charge in [0.15, 0.2) is 0 Å². The van der Waals surface area contributed by atoms with E-state index in [-0.39, 0.29) is 5.54 Å². The summed E-state index contributed by atoms with van der Waals surface area (Å²) in [5.74, 6) is 0. The van der Waals surface area contributed by atoms with E-state index < -0.39 is 0 Å². The first kappa shape index (κ1) is 13.8. The zero-order chi connectivity index (χ0) is 12.1. The van der Waals surface area contributed by atoms with Crippen LogP contribution in [0.5, 0.6) is 0 Å². The van der Waals surface area contributed by atoms with Crippen molar-refractivity contribution in [3.63, 3.8) is 0 Å². The van der Waals surface area contributed by atoms with Gasteiger partial charge in [0.05, 0.1) is 0 Å². The van der Waals surface area contributed by atoms with Gasteiger partial charge in [-0.15, -0.1) is 0 Å². The van der Waals surface area contributed by atoms with Crippen molar-refractivity contribution >= 4 is 5.70 Å². The molecule has 0 aliphatic heterocycles. The lowest BCUT2D eigenvalue weighted by Crippen LogP contribution is -2.19. The van der Waals surface area contributed by atoms with Crippen LogP contribution in [0.2, 0.25) is 0 Å². The van der Waals surface area contributed by atoms with Crippen LogP contribution in [0.1, 0.15) is 40.2 Å². The first-order chi connectivity index (χ1) is 6.95. The third-order valence-corrected chi connectivity index (χ3v) is 2.12. The van der Waals surface area contributed by atoms with Gasteiger partial charge in [-0.2, -0.15) is 0 Å². The highest BCUT2D eigenvalue weighted by molar-refractivity contribution is 5.60. The van der Waals surface area contributed by atoms with Crippen LogP contribution in [0.3, 0.4) is 0 Å². The van der Waals surface area contributed by atoms with Crippen molar-refractivity contribution in [3.8, 4) is 0 Å². The lowest BCUT2D eigenvalue weighted by Gasteiger charge is -2.20. The zero-order valence-electron chi connectivity index (χ0n) is 10.9. The van der Waals surface area contributed by atoms with Crippen molar-refractivity contribution in [1.82, 2.24) is 9.88 Å².